The van der Waals surface area contributed by atoms with Crippen molar-refractivity contribution < 1.29 is 13.9 Å². The summed E-state index contributed by atoms with van der Waals surface area (Å²) in [6, 6.07) is 18.9. The molecule has 0 atom stereocenters. The lowest BCUT2D eigenvalue weighted by Gasteiger charge is -2.36. The van der Waals surface area contributed by atoms with Gasteiger partial charge in [-0.25, -0.2) is 13.9 Å². The Labute approximate surface area is 189 Å². The first-order valence-corrected chi connectivity index (χ1v) is 10.8. The first kappa shape index (κ1) is 21.1. The highest BCUT2D eigenvalue weighted by Crippen LogP contribution is 2.36. The monoisotopic (exact) mass is 446 g/mol. The Morgan fingerprint density at radius 2 is 1.85 bits per heavy atom. The standard InChI is InChI=1S/C25H23FN4O3/c26-20-9-7-19(8-10-20)25(11-14-33-15-12-25)23(31)27-21-5-3-4-18(16-21)17-30-24(32)29-13-2-1-6-22(29)28-30/h1-10,13,16H,11-12,14-15,17H2,(H,27,31). The Kier molecular flexibility index (Phi) is 5.51. The Bertz CT molecular complexity index is 1350. The van der Waals surface area contributed by atoms with Crippen LogP contribution in [0.4, 0.5) is 10.1 Å². The van der Waals surface area contributed by atoms with Crippen molar-refractivity contribution >= 4 is 17.2 Å². The number of anilines is 1. The molecule has 1 N–H and O–H groups in total. The van der Waals surface area contributed by atoms with Crippen LogP contribution in [0.15, 0.2) is 77.7 Å². The zero-order chi connectivity index (χ0) is 22.8. The first-order valence-electron chi connectivity index (χ1n) is 10.8. The first-order chi connectivity index (χ1) is 16.0. The summed E-state index contributed by atoms with van der Waals surface area (Å²) in [6.45, 7) is 1.20. The van der Waals surface area contributed by atoms with E-state index >= 15 is 0 Å². The van der Waals surface area contributed by atoms with Crippen LogP contribution >= 0.6 is 0 Å². The minimum atomic E-state index is -0.791. The molecule has 0 unspecified atom stereocenters. The number of amides is 1. The maximum atomic E-state index is 13.5. The second-order valence-corrected chi connectivity index (χ2v) is 8.22. The third-order valence-corrected chi connectivity index (χ3v) is 6.18. The highest BCUT2D eigenvalue weighted by atomic mass is 19.1. The van der Waals surface area contributed by atoms with Gasteiger partial charge in [-0.1, -0.05) is 30.3 Å². The number of halogens is 1. The van der Waals surface area contributed by atoms with E-state index in [0.717, 1.165) is 11.1 Å². The number of nitrogens with zero attached hydrogens (tertiary/aromatic N) is 3. The Hall–Kier alpha value is -3.78. The third kappa shape index (κ3) is 4.05. The van der Waals surface area contributed by atoms with Crippen LogP contribution in [-0.4, -0.2) is 33.3 Å². The normalized spacial score (nSPS) is 15.4. The van der Waals surface area contributed by atoms with E-state index in [1.165, 1.54) is 21.2 Å². The maximum Gasteiger partial charge on any atom is 0.350 e. The molecule has 33 heavy (non-hydrogen) atoms. The number of carbonyl (C=O) groups excluding carboxylic acids is 1. The van der Waals surface area contributed by atoms with Crippen LogP contribution in [0.2, 0.25) is 0 Å². The van der Waals surface area contributed by atoms with Gasteiger partial charge in [0.05, 0.1) is 12.0 Å². The molecule has 0 bridgehead atoms. The van der Waals surface area contributed by atoms with Crippen LogP contribution in [0.25, 0.3) is 5.65 Å². The van der Waals surface area contributed by atoms with Crippen LogP contribution in [0, 0.1) is 5.82 Å². The largest absolute Gasteiger partial charge is 0.381 e. The number of ether oxygens (including phenoxy) is 1. The second kappa shape index (κ2) is 8.63. The summed E-state index contributed by atoms with van der Waals surface area (Å²) in [5.74, 6) is -0.490. The molecule has 1 aliphatic rings. The lowest BCUT2D eigenvalue weighted by atomic mass is 9.73. The number of nitrogens with one attached hydrogen (secondary N) is 1. The van der Waals surface area contributed by atoms with E-state index in [0.29, 0.717) is 37.4 Å². The van der Waals surface area contributed by atoms with Gasteiger partial charge >= 0.3 is 5.69 Å². The number of hydrogen-bond donors (Lipinski definition) is 1. The van der Waals surface area contributed by atoms with Gasteiger partial charge in [0.2, 0.25) is 5.91 Å². The molecule has 8 heteroatoms. The van der Waals surface area contributed by atoms with Crippen LogP contribution < -0.4 is 11.0 Å². The number of carbonyl (C=O) groups is 1. The zero-order valence-corrected chi connectivity index (χ0v) is 17.9. The molecular formula is C25H23FN4O3. The van der Waals surface area contributed by atoms with Gasteiger partial charge in [-0.15, -0.1) is 5.10 Å². The summed E-state index contributed by atoms with van der Waals surface area (Å²) in [4.78, 5) is 26.1. The Balaban J connectivity index is 1.40. The number of fused-ring (bicyclic) bond motifs is 1. The molecule has 0 saturated carbocycles. The number of rotatable bonds is 5. The molecule has 7 nitrogen and oxygen atoms in total. The Morgan fingerprint density at radius 1 is 1.06 bits per heavy atom. The molecule has 5 rings (SSSR count). The maximum absolute atomic E-state index is 13.5. The fourth-order valence-corrected chi connectivity index (χ4v) is 4.38. The van der Waals surface area contributed by atoms with Gasteiger partial charge in [-0.2, -0.15) is 0 Å². The highest BCUT2D eigenvalue weighted by molar-refractivity contribution is 5.99. The van der Waals surface area contributed by atoms with Crippen molar-refractivity contribution in [3.8, 4) is 0 Å². The van der Waals surface area contributed by atoms with Crippen molar-refractivity contribution in [2.45, 2.75) is 24.8 Å². The van der Waals surface area contributed by atoms with Crippen molar-refractivity contribution in [3.05, 3.63) is 100 Å². The topological polar surface area (TPSA) is 77.6 Å². The number of pyridine rings is 1. The van der Waals surface area contributed by atoms with Crippen molar-refractivity contribution in [3.63, 3.8) is 0 Å². The molecule has 4 aromatic rings. The molecule has 168 valence electrons. The van der Waals surface area contributed by atoms with E-state index in [9.17, 15) is 14.0 Å². The Morgan fingerprint density at radius 3 is 2.61 bits per heavy atom. The fourth-order valence-electron chi connectivity index (χ4n) is 4.38. The van der Waals surface area contributed by atoms with Crippen molar-refractivity contribution in [2.24, 2.45) is 0 Å². The molecule has 1 fully saturated rings. The summed E-state index contributed by atoms with van der Waals surface area (Å²) in [6.07, 6.45) is 2.71. The predicted molar refractivity (Wildman–Crippen MR) is 122 cm³/mol. The molecular weight excluding hydrogens is 423 g/mol. The van der Waals surface area contributed by atoms with E-state index in [1.807, 2.05) is 30.3 Å². The quantitative estimate of drug-likeness (QED) is 0.510. The fraction of sp³-hybridized carbons (Fsp3) is 0.240. The van der Waals surface area contributed by atoms with Crippen LogP contribution in [0.3, 0.4) is 0 Å². The van der Waals surface area contributed by atoms with E-state index in [1.54, 1.807) is 30.5 Å². The molecule has 1 aliphatic heterocycles. The minimum Gasteiger partial charge on any atom is -0.381 e. The average Bonchev–Trinajstić information content (AvgIpc) is 3.15. The third-order valence-electron chi connectivity index (χ3n) is 6.18. The van der Waals surface area contributed by atoms with Crippen molar-refractivity contribution in [1.82, 2.24) is 14.2 Å². The lowest BCUT2D eigenvalue weighted by Crippen LogP contribution is -2.44. The number of aromatic nitrogens is 3. The van der Waals surface area contributed by atoms with Gasteiger partial charge in [-0.05, 0) is 60.4 Å². The highest BCUT2D eigenvalue weighted by Gasteiger charge is 2.41. The van der Waals surface area contributed by atoms with Gasteiger partial charge in [0.25, 0.3) is 0 Å². The summed E-state index contributed by atoms with van der Waals surface area (Å²) >= 11 is 0. The smallest absolute Gasteiger partial charge is 0.350 e. The van der Waals surface area contributed by atoms with Crippen molar-refractivity contribution in [2.75, 3.05) is 18.5 Å². The van der Waals surface area contributed by atoms with E-state index in [-0.39, 0.29) is 24.0 Å². The van der Waals surface area contributed by atoms with E-state index < -0.39 is 5.41 Å². The van der Waals surface area contributed by atoms with Gasteiger partial charge < -0.3 is 10.1 Å². The molecule has 2 aromatic heterocycles. The number of benzene rings is 2. The summed E-state index contributed by atoms with van der Waals surface area (Å²) in [5, 5.41) is 7.40. The van der Waals surface area contributed by atoms with Gasteiger partial charge in [0, 0.05) is 25.1 Å². The molecule has 2 aromatic carbocycles. The van der Waals surface area contributed by atoms with Crippen LogP contribution in [0.1, 0.15) is 24.0 Å². The summed E-state index contributed by atoms with van der Waals surface area (Å²) in [7, 11) is 0. The molecule has 3 heterocycles. The molecule has 0 spiro atoms. The number of hydrogen-bond acceptors (Lipinski definition) is 4. The second-order valence-electron chi connectivity index (χ2n) is 8.22. The molecule has 0 radical (unpaired) electrons. The molecule has 1 amide bonds. The minimum absolute atomic E-state index is 0.153. The summed E-state index contributed by atoms with van der Waals surface area (Å²) in [5.41, 5.74) is 1.80. The van der Waals surface area contributed by atoms with Gasteiger partial charge in [0.1, 0.15) is 5.82 Å². The SMILES string of the molecule is O=C(Nc1cccc(Cn2nc3ccccn3c2=O)c1)C1(c2ccc(F)cc2)CCOCC1. The van der Waals surface area contributed by atoms with Gasteiger partial charge in [-0.3, -0.25) is 9.20 Å². The molecule has 1 saturated heterocycles. The molecule has 0 aliphatic carbocycles. The van der Waals surface area contributed by atoms with E-state index in [4.69, 9.17) is 4.74 Å². The van der Waals surface area contributed by atoms with Crippen LogP contribution in [0.5, 0.6) is 0 Å². The lowest BCUT2D eigenvalue weighted by molar-refractivity contribution is -0.125. The zero-order valence-electron chi connectivity index (χ0n) is 17.9. The van der Waals surface area contributed by atoms with Gasteiger partial charge in [0.15, 0.2) is 5.65 Å². The van der Waals surface area contributed by atoms with E-state index in [2.05, 4.69) is 10.4 Å². The summed E-state index contributed by atoms with van der Waals surface area (Å²) < 4.78 is 21.9. The van der Waals surface area contributed by atoms with Crippen LogP contribution in [-0.2, 0) is 21.5 Å². The van der Waals surface area contributed by atoms with Crippen molar-refractivity contribution in [1.29, 1.82) is 0 Å². The average molecular weight is 446 g/mol. The predicted octanol–water partition coefficient (Wildman–Crippen LogP) is 3.37.